The van der Waals surface area contributed by atoms with Gasteiger partial charge in [-0.2, -0.15) is 8.78 Å². The standard InChI is InChI=1S/C23H22F2N2O7/c1-23(2)15-7-5-6-8-16(15)26(3)20(23)9-13(28)12-33-21(29)14-10-18(32-4)19(34-22(24)25)11-17(14)27(30)31/h5-11,22H,12H2,1-4H3/b20-9+. The second-order valence-electron chi connectivity index (χ2n) is 7.93. The number of para-hydroxylation sites is 1. The number of rotatable bonds is 8. The number of hydrogen-bond acceptors (Lipinski definition) is 8. The first-order chi connectivity index (χ1) is 16.0. The number of nitrogens with zero attached hydrogens (tertiary/aromatic N) is 2. The number of carbonyl (C=O) groups excluding carboxylic acids is 2. The number of ketones is 1. The quantitative estimate of drug-likeness (QED) is 0.241. The Hall–Kier alpha value is -4.02. The molecule has 2 aromatic carbocycles. The second kappa shape index (κ2) is 9.46. The van der Waals surface area contributed by atoms with E-state index in [2.05, 4.69) is 4.74 Å². The highest BCUT2D eigenvalue weighted by atomic mass is 19.3. The molecule has 0 aromatic heterocycles. The number of hydrogen-bond donors (Lipinski definition) is 0. The number of likely N-dealkylation sites (N-methyl/N-ethyl adjacent to an activating group) is 1. The van der Waals surface area contributed by atoms with Crippen molar-refractivity contribution in [3.63, 3.8) is 0 Å². The van der Waals surface area contributed by atoms with Crippen molar-refractivity contribution >= 4 is 23.1 Å². The molecule has 2 aromatic rings. The Kier molecular flexibility index (Phi) is 6.85. The van der Waals surface area contributed by atoms with Crippen molar-refractivity contribution in [2.24, 2.45) is 0 Å². The van der Waals surface area contributed by atoms with Gasteiger partial charge in [-0.25, -0.2) is 4.79 Å². The molecule has 0 spiro atoms. The van der Waals surface area contributed by atoms with Crippen molar-refractivity contribution in [2.75, 3.05) is 25.7 Å². The van der Waals surface area contributed by atoms with Crippen molar-refractivity contribution < 1.29 is 37.5 Å². The summed E-state index contributed by atoms with van der Waals surface area (Å²) < 4.78 is 39.3. The summed E-state index contributed by atoms with van der Waals surface area (Å²) in [4.78, 5) is 37.4. The summed E-state index contributed by atoms with van der Waals surface area (Å²) in [5.74, 6) is -2.68. The molecule has 0 amide bonds. The molecule has 0 radical (unpaired) electrons. The van der Waals surface area contributed by atoms with Gasteiger partial charge in [0.25, 0.3) is 5.69 Å². The zero-order valence-electron chi connectivity index (χ0n) is 18.8. The summed E-state index contributed by atoms with van der Waals surface area (Å²) in [7, 11) is 2.93. The summed E-state index contributed by atoms with van der Waals surface area (Å²) in [6.45, 7) is -0.0312. The van der Waals surface area contributed by atoms with Crippen LogP contribution in [-0.2, 0) is 14.9 Å². The minimum atomic E-state index is -3.26. The molecule has 0 bridgehead atoms. The maximum Gasteiger partial charge on any atom is 0.387 e. The molecule has 0 aliphatic carbocycles. The van der Waals surface area contributed by atoms with Crippen LogP contribution in [0.3, 0.4) is 0 Å². The fourth-order valence-electron chi connectivity index (χ4n) is 3.88. The molecule has 3 rings (SSSR count). The van der Waals surface area contributed by atoms with Gasteiger partial charge < -0.3 is 19.1 Å². The SMILES string of the molecule is COc1cc(C(=O)OCC(=O)/C=C2/N(C)c3ccccc3C2(C)C)c([N+](=O)[O-])cc1OC(F)F. The number of halogens is 2. The number of nitro groups is 1. The number of allylic oxidation sites excluding steroid dienone is 1. The van der Waals surface area contributed by atoms with Gasteiger partial charge in [0, 0.05) is 36.0 Å². The molecule has 180 valence electrons. The van der Waals surface area contributed by atoms with Crippen LogP contribution in [-0.4, -0.2) is 44.1 Å². The van der Waals surface area contributed by atoms with Crippen LogP contribution in [0.15, 0.2) is 48.2 Å². The van der Waals surface area contributed by atoms with E-state index in [1.807, 2.05) is 50.1 Å². The van der Waals surface area contributed by atoms with Gasteiger partial charge in [-0.3, -0.25) is 14.9 Å². The number of nitro benzene ring substituents is 1. The zero-order chi connectivity index (χ0) is 25.2. The van der Waals surface area contributed by atoms with Crippen molar-refractivity contribution in [3.8, 4) is 11.5 Å². The molecular formula is C23H22F2N2O7. The summed E-state index contributed by atoms with van der Waals surface area (Å²) in [5, 5.41) is 11.4. The Bertz CT molecular complexity index is 1180. The molecular weight excluding hydrogens is 454 g/mol. The molecule has 0 unspecified atom stereocenters. The van der Waals surface area contributed by atoms with Crippen LogP contribution in [0.5, 0.6) is 11.5 Å². The summed E-state index contributed by atoms with van der Waals surface area (Å²) in [6.07, 6.45) is 1.36. The third-order valence-corrected chi connectivity index (χ3v) is 5.50. The highest BCUT2D eigenvalue weighted by molar-refractivity contribution is 5.98. The molecule has 1 aliphatic rings. The van der Waals surface area contributed by atoms with E-state index >= 15 is 0 Å². The molecule has 11 heteroatoms. The van der Waals surface area contributed by atoms with Crippen LogP contribution in [0, 0.1) is 10.1 Å². The van der Waals surface area contributed by atoms with E-state index < -0.39 is 52.3 Å². The fourth-order valence-corrected chi connectivity index (χ4v) is 3.88. The first-order valence-electron chi connectivity index (χ1n) is 10.0. The van der Waals surface area contributed by atoms with Crippen LogP contribution in [0.4, 0.5) is 20.2 Å². The van der Waals surface area contributed by atoms with E-state index in [9.17, 15) is 28.5 Å². The average Bonchev–Trinajstić information content (AvgIpc) is 2.97. The lowest BCUT2D eigenvalue weighted by Gasteiger charge is -2.23. The van der Waals surface area contributed by atoms with Crippen molar-refractivity contribution in [1.29, 1.82) is 0 Å². The van der Waals surface area contributed by atoms with Crippen LogP contribution < -0.4 is 14.4 Å². The van der Waals surface area contributed by atoms with Crippen molar-refractivity contribution in [1.82, 2.24) is 0 Å². The normalized spacial score (nSPS) is 15.3. The number of fused-ring (bicyclic) bond motifs is 1. The highest BCUT2D eigenvalue weighted by Gasteiger charge is 2.38. The molecule has 0 saturated carbocycles. The molecule has 1 aliphatic heterocycles. The lowest BCUT2D eigenvalue weighted by Crippen LogP contribution is -2.25. The van der Waals surface area contributed by atoms with Gasteiger partial charge in [0.1, 0.15) is 5.56 Å². The van der Waals surface area contributed by atoms with Gasteiger partial charge in [0.2, 0.25) is 0 Å². The number of esters is 1. The number of methoxy groups -OCH3 is 1. The first kappa shape index (κ1) is 24.6. The lowest BCUT2D eigenvalue weighted by atomic mass is 9.83. The van der Waals surface area contributed by atoms with E-state index in [0.29, 0.717) is 11.8 Å². The van der Waals surface area contributed by atoms with Crippen molar-refractivity contribution in [2.45, 2.75) is 25.9 Å². The van der Waals surface area contributed by atoms with Crippen LogP contribution >= 0.6 is 0 Å². The third-order valence-electron chi connectivity index (χ3n) is 5.50. The Balaban J connectivity index is 1.81. The number of alkyl halides is 2. The van der Waals surface area contributed by atoms with Gasteiger partial charge in [0.05, 0.1) is 18.1 Å². The Morgan fingerprint density at radius 2 is 1.88 bits per heavy atom. The lowest BCUT2D eigenvalue weighted by molar-refractivity contribution is -0.385. The second-order valence-corrected chi connectivity index (χ2v) is 7.93. The largest absolute Gasteiger partial charge is 0.493 e. The maximum absolute atomic E-state index is 12.6. The number of anilines is 1. The molecule has 0 atom stereocenters. The van der Waals surface area contributed by atoms with Crippen LogP contribution in [0.25, 0.3) is 0 Å². The van der Waals surface area contributed by atoms with Gasteiger partial charge in [-0.15, -0.1) is 0 Å². The van der Waals surface area contributed by atoms with Gasteiger partial charge in [-0.1, -0.05) is 32.0 Å². The Morgan fingerprint density at radius 1 is 1.21 bits per heavy atom. The first-order valence-corrected chi connectivity index (χ1v) is 10.0. The number of benzene rings is 2. The third kappa shape index (κ3) is 4.68. The zero-order valence-corrected chi connectivity index (χ0v) is 18.8. The molecule has 34 heavy (non-hydrogen) atoms. The Labute approximate surface area is 193 Å². The molecule has 9 nitrogen and oxygen atoms in total. The van der Waals surface area contributed by atoms with Gasteiger partial charge >= 0.3 is 12.6 Å². The summed E-state index contributed by atoms with van der Waals surface area (Å²) >= 11 is 0. The predicted molar refractivity (Wildman–Crippen MR) is 118 cm³/mol. The van der Waals surface area contributed by atoms with Crippen molar-refractivity contribution in [3.05, 3.63) is 69.4 Å². The Morgan fingerprint density at radius 3 is 2.47 bits per heavy atom. The minimum Gasteiger partial charge on any atom is -0.493 e. The smallest absolute Gasteiger partial charge is 0.387 e. The topological polar surface area (TPSA) is 108 Å². The highest BCUT2D eigenvalue weighted by Crippen LogP contribution is 2.46. The predicted octanol–water partition coefficient (Wildman–Crippen LogP) is 4.24. The number of carbonyl (C=O) groups is 2. The average molecular weight is 476 g/mol. The van der Waals surface area contributed by atoms with E-state index in [1.165, 1.54) is 6.08 Å². The molecule has 1 heterocycles. The fraction of sp³-hybridized carbons (Fsp3) is 0.304. The van der Waals surface area contributed by atoms with E-state index in [0.717, 1.165) is 24.4 Å². The van der Waals surface area contributed by atoms with Gasteiger partial charge in [0.15, 0.2) is 23.9 Å². The monoisotopic (exact) mass is 476 g/mol. The minimum absolute atomic E-state index is 0.335. The van der Waals surface area contributed by atoms with Crippen LogP contribution in [0.1, 0.15) is 29.8 Å². The summed E-state index contributed by atoms with van der Waals surface area (Å²) in [5.41, 5.74) is 0.780. The van der Waals surface area contributed by atoms with E-state index in [-0.39, 0.29) is 5.75 Å². The molecule has 0 N–H and O–H groups in total. The molecule has 0 fully saturated rings. The van der Waals surface area contributed by atoms with Crippen LogP contribution in [0.2, 0.25) is 0 Å². The summed E-state index contributed by atoms with van der Waals surface area (Å²) in [6, 6.07) is 9.17. The number of ether oxygens (including phenoxy) is 3. The van der Waals surface area contributed by atoms with E-state index in [1.54, 1.807) is 0 Å². The van der Waals surface area contributed by atoms with E-state index in [4.69, 9.17) is 9.47 Å². The van der Waals surface area contributed by atoms with Gasteiger partial charge in [-0.05, 0) is 11.6 Å². The molecule has 0 saturated heterocycles. The maximum atomic E-state index is 12.6.